The van der Waals surface area contributed by atoms with Crippen molar-refractivity contribution in [2.24, 2.45) is 10.9 Å². The van der Waals surface area contributed by atoms with Gasteiger partial charge in [0, 0.05) is 52.4 Å². The molecule has 0 aromatic rings. The van der Waals surface area contributed by atoms with Crippen molar-refractivity contribution in [3.05, 3.63) is 0 Å². The Kier molecular flexibility index (Phi) is 8.89. The summed E-state index contributed by atoms with van der Waals surface area (Å²) < 4.78 is 0. The van der Waals surface area contributed by atoms with E-state index in [2.05, 4.69) is 39.3 Å². The van der Waals surface area contributed by atoms with Crippen molar-refractivity contribution in [1.29, 1.82) is 0 Å². The van der Waals surface area contributed by atoms with Crippen molar-refractivity contribution in [3.8, 4) is 0 Å². The Hall–Kier alpha value is -0.0800. The first-order valence-electron chi connectivity index (χ1n) is 8.13. The summed E-state index contributed by atoms with van der Waals surface area (Å²) in [6.45, 7) is 12.8. The number of hydrogen-bond donors (Lipinski definition) is 2. The first-order chi connectivity index (χ1) is 9.71. The minimum absolute atomic E-state index is 0. The van der Waals surface area contributed by atoms with E-state index in [0.29, 0.717) is 12.0 Å². The summed E-state index contributed by atoms with van der Waals surface area (Å²) >= 11 is 0. The molecule has 1 heterocycles. The zero-order valence-electron chi connectivity index (χ0n) is 13.8. The monoisotopic (exact) mass is 409 g/mol. The van der Waals surface area contributed by atoms with Crippen LogP contribution in [0.3, 0.4) is 0 Å². The predicted octanol–water partition coefficient (Wildman–Crippen LogP) is 1.21. The van der Waals surface area contributed by atoms with Gasteiger partial charge >= 0.3 is 0 Å². The first-order valence-corrected chi connectivity index (χ1v) is 8.13. The zero-order chi connectivity index (χ0) is 14.4. The van der Waals surface area contributed by atoms with E-state index < -0.39 is 0 Å². The minimum atomic E-state index is 0. The highest BCUT2D eigenvalue weighted by atomic mass is 127. The van der Waals surface area contributed by atoms with Gasteiger partial charge in [-0.1, -0.05) is 13.8 Å². The molecular formula is C15H32IN5. The van der Waals surface area contributed by atoms with E-state index >= 15 is 0 Å². The summed E-state index contributed by atoms with van der Waals surface area (Å²) in [4.78, 5) is 9.40. The summed E-state index contributed by atoms with van der Waals surface area (Å²) in [5.41, 5.74) is 0. The van der Waals surface area contributed by atoms with Crippen LogP contribution in [0.2, 0.25) is 0 Å². The Morgan fingerprint density at radius 3 is 2.33 bits per heavy atom. The van der Waals surface area contributed by atoms with Gasteiger partial charge in [0.2, 0.25) is 0 Å². The SMILES string of the molecule is CCN1CCN(CC(C)CNC(=NC)NC2CC2)CC1.I. The van der Waals surface area contributed by atoms with Crippen LogP contribution < -0.4 is 10.6 Å². The molecule has 0 bridgehead atoms. The average molecular weight is 409 g/mol. The van der Waals surface area contributed by atoms with Gasteiger partial charge in [-0.05, 0) is 25.3 Å². The maximum absolute atomic E-state index is 4.28. The molecule has 1 saturated heterocycles. The van der Waals surface area contributed by atoms with Crippen LogP contribution in [-0.2, 0) is 0 Å². The normalized spacial score (nSPS) is 22.5. The van der Waals surface area contributed by atoms with E-state index in [-0.39, 0.29) is 24.0 Å². The van der Waals surface area contributed by atoms with Crippen LogP contribution in [0.5, 0.6) is 0 Å². The fraction of sp³-hybridized carbons (Fsp3) is 0.933. The first kappa shape index (κ1) is 19.0. The van der Waals surface area contributed by atoms with Gasteiger partial charge in [0.05, 0.1) is 0 Å². The van der Waals surface area contributed by atoms with Gasteiger partial charge in [0.1, 0.15) is 0 Å². The number of hydrogen-bond acceptors (Lipinski definition) is 3. The molecule has 1 unspecified atom stereocenters. The van der Waals surface area contributed by atoms with Crippen molar-refractivity contribution < 1.29 is 0 Å². The molecule has 0 aromatic heterocycles. The largest absolute Gasteiger partial charge is 0.356 e. The number of nitrogens with zero attached hydrogens (tertiary/aromatic N) is 3. The quantitative estimate of drug-likeness (QED) is 0.393. The number of rotatable bonds is 6. The fourth-order valence-electron chi connectivity index (χ4n) is 2.68. The molecule has 6 heteroatoms. The Morgan fingerprint density at radius 2 is 1.81 bits per heavy atom. The Balaban J connectivity index is 0.00000220. The van der Waals surface area contributed by atoms with Gasteiger partial charge < -0.3 is 20.4 Å². The second kappa shape index (κ2) is 9.84. The molecule has 0 radical (unpaired) electrons. The van der Waals surface area contributed by atoms with E-state index in [1.165, 1.54) is 52.1 Å². The highest BCUT2D eigenvalue weighted by Crippen LogP contribution is 2.18. The van der Waals surface area contributed by atoms with Crippen LogP contribution in [-0.4, -0.2) is 74.7 Å². The maximum atomic E-state index is 4.28. The van der Waals surface area contributed by atoms with E-state index in [9.17, 15) is 0 Å². The van der Waals surface area contributed by atoms with Crippen LogP contribution in [0.4, 0.5) is 0 Å². The second-order valence-corrected chi connectivity index (χ2v) is 6.21. The van der Waals surface area contributed by atoms with Crippen molar-refractivity contribution >= 4 is 29.9 Å². The van der Waals surface area contributed by atoms with E-state index in [0.717, 1.165) is 12.5 Å². The summed E-state index contributed by atoms with van der Waals surface area (Å²) in [5.74, 6) is 1.62. The number of likely N-dealkylation sites (N-methyl/N-ethyl adjacent to an activating group) is 1. The molecule has 1 saturated carbocycles. The lowest BCUT2D eigenvalue weighted by Crippen LogP contribution is -2.48. The molecule has 5 nitrogen and oxygen atoms in total. The van der Waals surface area contributed by atoms with Crippen molar-refractivity contribution in [2.75, 3.05) is 52.9 Å². The Bertz CT molecular complexity index is 311. The molecule has 2 fully saturated rings. The average Bonchev–Trinajstić information content (AvgIpc) is 3.28. The topological polar surface area (TPSA) is 42.9 Å². The molecular weight excluding hydrogens is 377 g/mol. The van der Waals surface area contributed by atoms with E-state index in [4.69, 9.17) is 0 Å². The predicted molar refractivity (Wildman–Crippen MR) is 101 cm³/mol. The third-order valence-corrected chi connectivity index (χ3v) is 4.24. The summed E-state index contributed by atoms with van der Waals surface area (Å²) in [5, 5.41) is 6.88. The molecule has 21 heavy (non-hydrogen) atoms. The third kappa shape index (κ3) is 7.15. The van der Waals surface area contributed by atoms with Gasteiger partial charge in [-0.15, -0.1) is 24.0 Å². The van der Waals surface area contributed by atoms with Gasteiger partial charge in [-0.25, -0.2) is 0 Å². The molecule has 1 aliphatic carbocycles. The van der Waals surface area contributed by atoms with Gasteiger partial charge in [-0.2, -0.15) is 0 Å². The lowest BCUT2D eigenvalue weighted by Gasteiger charge is -2.35. The molecule has 0 amide bonds. The molecule has 0 spiro atoms. The highest BCUT2D eigenvalue weighted by Gasteiger charge is 2.22. The molecule has 1 atom stereocenters. The number of halogens is 1. The number of aliphatic imine (C=N–C) groups is 1. The second-order valence-electron chi connectivity index (χ2n) is 6.21. The summed E-state index contributed by atoms with van der Waals surface area (Å²) in [6.07, 6.45) is 2.58. The standard InChI is InChI=1S/C15H31N5.HI/c1-4-19-7-9-20(10-8-19)12-13(2)11-17-15(16-3)18-14-5-6-14;/h13-14H,4-12H2,1-3H3,(H2,16,17,18);1H. The molecule has 1 aliphatic heterocycles. The molecule has 2 aliphatic rings. The van der Waals surface area contributed by atoms with Crippen LogP contribution in [0.15, 0.2) is 4.99 Å². The highest BCUT2D eigenvalue weighted by molar-refractivity contribution is 14.0. The summed E-state index contributed by atoms with van der Waals surface area (Å²) in [6, 6.07) is 0.665. The number of guanidine groups is 1. The van der Waals surface area contributed by atoms with E-state index in [1.807, 2.05) is 7.05 Å². The molecule has 0 aromatic carbocycles. The smallest absolute Gasteiger partial charge is 0.191 e. The van der Waals surface area contributed by atoms with Crippen LogP contribution in [0.25, 0.3) is 0 Å². The Labute approximate surface area is 146 Å². The van der Waals surface area contributed by atoms with Crippen molar-refractivity contribution in [2.45, 2.75) is 32.7 Å². The fourth-order valence-corrected chi connectivity index (χ4v) is 2.68. The van der Waals surface area contributed by atoms with Crippen molar-refractivity contribution in [1.82, 2.24) is 20.4 Å². The number of piperazine rings is 1. The minimum Gasteiger partial charge on any atom is -0.356 e. The van der Waals surface area contributed by atoms with Crippen LogP contribution >= 0.6 is 24.0 Å². The lowest BCUT2D eigenvalue weighted by molar-refractivity contribution is 0.124. The third-order valence-electron chi connectivity index (χ3n) is 4.24. The number of nitrogens with one attached hydrogen (secondary N) is 2. The van der Waals surface area contributed by atoms with E-state index in [1.54, 1.807) is 0 Å². The summed E-state index contributed by atoms with van der Waals surface area (Å²) in [7, 11) is 1.85. The van der Waals surface area contributed by atoms with Gasteiger partial charge in [0.25, 0.3) is 0 Å². The van der Waals surface area contributed by atoms with Gasteiger partial charge in [0.15, 0.2) is 5.96 Å². The molecule has 2 rings (SSSR count). The zero-order valence-corrected chi connectivity index (χ0v) is 16.1. The Morgan fingerprint density at radius 1 is 1.19 bits per heavy atom. The maximum Gasteiger partial charge on any atom is 0.191 e. The van der Waals surface area contributed by atoms with Crippen LogP contribution in [0.1, 0.15) is 26.7 Å². The molecule has 124 valence electrons. The lowest BCUT2D eigenvalue weighted by atomic mass is 10.1. The molecule has 2 N–H and O–H groups in total. The van der Waals surface area contributed by atoms with Crippen LogP contribution in [0, 0.1) is 5.92 Å². The van der Waals surface area contributed by atoms with Gasteiger partial charge in [-0.3, -0.25) is 4.99 Å². The van der Waals surface area contributed by atoms with Crippen molar-refractivity contribution in [3.63, 3.8) is 0 Å².